The Balaban J connectivity index is 3.42. The largest absolute Gasteiger partial charge is 0.496 e. The quantitative estimate of drug-likeness (QED) is 0.777. The zero-order valence-corrected chi connectivity index (χ0v) is 10.8. The van der Waals surface area contributed by atoms with Gasteiger partial charge in [-0.2, -0.15) is 0 Å². The molecule has 0 aromatic heterocycles. The highest BCUT2D eigenvalue weighted by Gasteiger charge is 2.18. The molecule has 0 aliphatic heterocycles. The smallest absolute Gasteiger partial charge is 0.339 e. The second-order valence-electron chi connectivity index (χ2n) is 3.20. The van der Waals surface area contributed by atoms with E-state index in [4.69, 9.17) is 9.47 Å². The van der Waals surface area contributed by atoms with Crippen LogP contribution in [0.4, 0.5) is 0 Å². The van der Waals surface area contributed by atoms with Crippen molar-refractivity contribution in [2.75, 3.05) is 14.2 Å². The first kappa shape index (κ1) is 12.0. The number of benzene rings is 1. The van der Waals surface area contributed by atoms with Crippen LogP contribution in [0.3, 0.4) is 0 Å². The average Bonchev–Trinajstić information content (AvgIpc) is 2.23. The lowest BCUT2D eigenvalue weighted by atomic mass is 10.0. The molecule has 0 heterocycles. The van der Waals surface area contributed by atoms with Gasteiger partial charge in [0.25, 0.3) is 0 Å². The van der Waals surface area contributed by atoms with Gasteiger partial charge in [-0.15, -0.1) is 0 Å². The molecule has 4 heteroatoms. The summed E-state index contributed by atoms with van der Waals surface area (Å²) in [5, 5.41) is 0. The van der Waals surface area contributed by atoms with E-state index in [0.29, 0.717) is 5.56 Å². The molecule has 0 spiro atoms. The summed E-state index contributed by atoms with van der Waals surface area (Å²) in [5.41, 5.74) is 2.27. The first-order valence-electron chi connectivity index (χ1n) is 4.45. The Kier molecular flexibility index (Phi) is 3.74. The lowest BCUT2D eigenvalue weighted by Crippen LogP contribution is -2.07. The summed E-state index contributed by atoms with van der Waals surface area (Å²) in [4.78, 5) is 11.5. The van der Waals surface area contributed by atoms with Crippen molar-refractivity contribution in [1.29, 1.82) is 0 Å². The van der Waals surface area contributed by atoms with Crippen LogP contribution < -0.4 is 4.74 Å². The molecule has 0 saturated heterocycles. The molecular weight excluding hydrogens is 260 g/mol. The number of carbonyl (C=O) groups excluding carboxylic acids is 1. The normalized spacial score (nSPS) is 9.93. The van der Waals surface area contributed by atoms with Gasteiger partial charge >= 0.3 is 5.97 Å². The molecule has 0 unspecified atom stereocenters. The van der Waals surface area contributed by atoms with Crippen LogP contribution >= 0.6 is 15.9 Å². The number of ether oxygens (including phenoxy) is 2. The van der Waals surface area contributed by atoms with Crippen molar-refractivity contribution in [1.82, 2.24) is 0 Å². The minimum atomic E-state index is -0.342. The summed E-state index contributed by atoms with van der Waals surface area (Å²) in [6, 6.07) is 1.83. The number of methoxy groups -OCH3 is 2. The maximum Gasteiger partial charge on any atom is 0.339 e. The molecule has 82 valence electrons. The van der Waals surface area contributed by atoms with Gasteiger partial charge < -0.3 is 9.47 Å². The fourth-order valence-electron chi connectivity index (χ4n) is 1.41. The van der Waals surface area contributed by atoms with Crippen LogP contribution in [-0.2, 0) is 4.74 Å². The molecule has 0 atom stereocenters. The molecule has 0 aliphatic carbocycles. The minimum Gasteiger partial charge on any atom is -0.496 e. The van der Waals surface area contributed by atoms with Crippen molar-refractivity contribution in [3.05, 3.63) is 27.2 Å². The lowest BCUT2D eigenvalue weighted by Gasteiger charge is -2.12. The monoisotopic (exact) mass is 272 g/mol. The second-order valence-corrected chi connectivity index (χ2v) is 3.99. The molecule has 0 radical (unpaired) electrons. The molecule has 0 bridgehead atoms. The minimum absolute atomic E-state index is 0.342. The maximum absolute atomic E-state index is 11.5. The van der Waals surface area contributed by atoms with E-state index in [1.165, 1.54) is 7.11 Å². The molecule has 1 aromatic carbocycles. The van der Waals surface area contributed by atoms with E-state index >= 15 is 0 Å². The van der Waals surface area contributed by atoms with Crippen molar-refractivity contribution in [3.8, 4) is 5.75 Å². The van der Waals surface area contributed by atoms with Crippen molar-refractivity contribution < 1.29 is 14.3 Å². The Hall–Kier alpha value is -1.03. The van der Waals surface area contributed by atoms with Crippen molar-refractivity contribution in [2.45, 2.75) is 13.8 Å². The third-order valence-electron chi connectivity index (χ3n) is 2.27. The predicted molar refractivity (Wildman–Crippen MR) is 61.5 cm³/mol. The standard InChI is InChI=1S/C11H13BrO3/c1-6-5-8(14-3)7(2)10(12)9(6)11(13)15-4/h5H,1-4H3. The van der Waals surface area contributed by atoms with Crippen molar-refractivity contribution in [2.24, 2.45) is 0 Å². The number of hydrogen-bond acceptors (Lipinski definition) is 3. The van der Waals surface area contributed by atoms with Crippen LogP contribution in [0, 0.1) is 13.8 Å². The first-order chi connectivity index (χ1) is 7.02. The van der Waals surface area contributed by atoms with Gasteiger partial charge in [0.05, 0.1) is 19.8 Å². The molecule has 15 heavy (non-hydrogen) atoms. The average molecular weight is 273 g/mol. The molecule has 0 aliphatic rings. The van der Waals surface area contributed by atoms with Gasteiger partial charge in [-0.25, -0.2) is 4.79 Å². The topological polar surface area (TPSA) is 35.5 Å². The van der Waals surface area contributed by atoms with Gasteiger partial charge in [0.15, 0.2) is 0 Å². The van der Waals surface area contributed by atoms with Gasteiger partial charge in [0.1, 0.15) is 5.75 Å². The fourth-order valence-corrected chi connectivity index (χ4v) is 2.08. The van der Waals surface area contributed by atoms with E-state index in [0.717, 1.165) is 21.3 Å². The number of esters is 1. The number of halogens is 1. The van der Waals surface area contributed by atoms with Crippen molar-refractivity contribution in [3.63, 3.8) is 0 Å². The summed E-state index contributed by atoms with van der Waals surface area (Å²) in [6.07, 6.45) is 0. The Bertz CT molecular complexity index is 399. The summed E-state index contributed by atoms with van der Waals surface area (Å²) < 4.78 is 10.6. The number of rotatable bonds is 2. The highest BCUT2D eigenvalue weighted by molar-refractivity contribution is 9.10. The van der Waals surface area contributed by atoms with Gasteiger partial charge in [0.2, 0.25) is 0 Å². The van der Waals surface area contributed by atoms with E-state index in [1.807, 2.05) is 19.9 Å². The predicted octanol–water partition coefficient (Wildman–Crippen LogP) is 2.86. The molecular formula is C11H13BrO3. The molecule has 1 rings (SSSR count). The van der Waals surface area contributed by atoms with Crippen LogP contribution in [0.5, 0.6) is 5.75 Å². The SMILES string of the molecule is COC(=O)c1c(C)cc(OC)c(C)c1Br. The Labute approximate surface area is 97.5 Å². The van der Waals surface area contributed by atoms with Crippen LogP contribution in [0.2, 0.25) is 0 Å². The van der Waals surface area contributed by atoms with E-state index in [9.17, 15) is 4.79 Å². The molecule has 0 N–H and O–H groups in total. The van der Waals surface area contributed by atoms with Crippen LogP contribution in [-0.4, -0.2) is 20.2 Å². The van der Waals surface area contributed by atoms with Gasteiger partial charge in [0, 0.05) is 10.0 Å². The van der Waals surface area contributed by atoms with Crippen LogP contribution in [0.15, 0.2) is 10.5 Å². The van der Waals surface area contributed by atoms with Gasteiger partial charge in [-0.05, 0) is 41.4 Å². The van der Waals surface area contributed by atoms with Crippen LogP contribution in [0.1, 0.15) is 21.5 Å². The summed E-state index contributed by atoms with van der Waals surface area (Å²) in [6.45, 7) is 3.73. The second kappa shape index (κ2) is 4.66. The maximum atomic E-state index is 11.5. The lowest BCUT2D eigenvalue weighted by molar-refractivity contribution is 0.0598. The van der Waals surface area contributed by atoms with Gasteiger partial charge in [-0.3, -0.25) is 0 Å². The van der Waals surface area contributed by atoms with E-state index in [1.54, 1.807) is 7.11 Å². The molecule has 0 amide bonds. The van der Waals surface area contributed by atoms with E-state index in [2.05, 4.69) is 15.9 Å². The number of aryl methyl sites for hydroxylation is 1. The molecule has 0 fully saturated rings. The van der Waals surface area contributed by atoms with E-state index < -0.39 is 0 Å². The highest BCUT2D eigenvalue weighted by atomic mass is 79.9. The third kappa shape index (κ3) is 2.15. The van der Waals surface area contributed by atoms with Gasteiger partial charge in [-0.1, -0.05) is 0 Å². The zero-order valence-electron chi connectivity index (χ0n) is 9.18. The Morgan fingerprint density at radius 2 is 1.93 bits per heavy atom. The third-order valence-corrected chi connectivity index (χ3v) is 3.26. The zero-order chi connectivity index (χ0) is 11.6. The summed E-state index contributed by atoms with van der Waals surface area (Å²) in [7, 11) is 2.97. The molecule has 0 saturated carbocycles. The molecule has 3 nitrogen and oxygen atoms in total. The first-order valence-corrected chi connectivity index (χ1v) is 5.24. The number of carbonyl (C=O) groups is 1. The summed E-state index contributed by atoms with van der Waals surface area (Å²) >= 11 is 3.38. The number of hydrogen-bond donors (Lipinski definition) is 0. The molecule has 1 aromatic rings. The van der Waals surface area contributed by atoms with Crippen LogP contribution in [0.25, 0.3) is 0 Å². The Morgan fingerprint density at radius 3 is 2.40 bits per heavy atom. The Morgan fingerprint density at radius 1 is 1.33 bits per heavy atom. The van der Waals surface area contributed by atoms with Crippen molar-refractivity contribution >= 4 is 21.9 Å². The summed E-state index contributed by atoms with van der Waals surface area (Å²) in [5.74, 6) is 0.414. The fraction of sp³-hybridized carbons (Fsp3) is 0.364. The van der Waals surface area contributed by atoms with E-state index in [-0.39, 0.29) is 5.97 Å². The highest BCUT2D eigenvalue weighted by Crippen LogP contribution is 2.32.